The van der Waals surface area contributed by atoms with Gasteiger partial charge in [-0.15, -0.1) is 0 Å². The van der Waals surface area contributed by atoms with E-state index in [4.69, 9.17) is 0 Å². The van der Waals surface area contributed by atoms with Gasteiger partial charge in [-0.1, -0.05) is 12.8 Å². The molecule has 0 spiro atoms. The summed E-state index contributed by atoms with van der Waals surface area (Å²) in [5.74, 6) is 0. The lowest BCUT2D eigenvalue weighted by atomic mass is 10.2. The van der Waals surface area contributed by atoms with Crippen molar-refractivity contribution >= 4 is 12.1 Å². The summed E-state index contributed by atoms with van der Waals surface area (Å²) in [5.41, 5.74) is 0. The van der Waals surface area contributed by atoms with E-state index in [1.807, 2.05) is 0 Å². The zero-order chi connectivity index (χ0) is 14.2. The number of nitrogens with one attached hydrogen (secondary N) is 6. The molecule has 8 heteroatoms. The molecule has 0 aromatic carbocycles. The maximum atomic E-state index is 11.3. The number of carbonyl (C=O) groups excluding carboxylic acids is 2. The van der Waals surface area contributed by atoms with Crippen molar-refractivity contribution in [1.82, 2.24) is 31.9 Å². The van der Waals surface area contributed by atoms with Gasteiger partial charge in [-0.05, 0) is 12.8 Å². The number of urea groups is 2. The summed E-state index contributed by atoms with van der Waals surface area (Å²) in [5, 5.41) is 17.2. The fourth-order valence-corrected chi connectivity index (χ4v) is 1.75. The highest BCUT2D eigenvalue weighted by Gasteiger charge is 2.21. The highest BCUT2D eigenvalue weighted by atomic mass is 16.2. The third-order valence-corrected chi connectivity index (χ3v) is 3.10. The second-order valence-electron chi connectivity index (χ2n) is 5.14. The van der Waals surface area contributed by atoms with Crippen LogP contribution in [0, 0.1) is 0 Å². The molecule has 2 unspecified atom stereocenters. The van der Waals surface area contributed by atoms with Crippen molar-refractivity contribution in [2.45, 2.75) is 38.0 Å². The van der Waals surface area contributed by atoms with E-state index in [0.717, 1.165) is 38.8 Å². The summed E-state index contributed by atoms with van der Waals surface area (Å²) >= 11 is 0. The van der Waals surface area contributed by atoms with Gasteiger partial charge in [0.05, 0.1) is 12.3 Å². The average Bonchev–Trinajstić information content (AvgIpc) is 3.29. The molecule has 2 atom stereocenters. The van der Waals surface area contributed by atoms with Gasteiger partial charge in [0, 0.05) is 26.2 Å². The molecule has 0 radical (unpaired) electrons. The van der Waals surface area contributed by atoms with E-state index in [0.29, 0.717) is 13.1 Å². The number of unbranched alkanes of at least 4 members (excludes halogenated alkanes) is 3. The predicted molar refractivity (Wildman–Crippen MR) is 75.1 cm³/mol. The van der Waals surface area contributed by atoms with Crippen LogP contribution in [-0.4, -0.2) is 50.6 Å². The zero-order valence-corrected chi connectivity index (χ0v) is 11.6. The lowest BCUT2D eigenvalue weighted by Gasteiger charge is -2.07. The van der Waals surface area contributed by atoms with Crippen molar-refractivity contribution in [2.24, 2.45) is 0 Å². The van der Waals surface area contributed by atoms with Gasteiger partial charge in [0.25, 0.3) is 0 Å². The molecule has 20 heavy (non-hydrogen) atoms. The van der Waals surface area contributed by atoms with E-state index in [1.165, 1.54) is 0 Å². The topological polar surface area (TPSA) is 126 Å². The SMILES string of the molecule is O=C(NCCCCCCNC(=O)NC1CN1)NC1CN1. The Morgan fingerprint density at radius 2 is 1.20 bits per heavy atom. The van der Waals surface area contributed by atoms with Crippen LogP contribution < -0.4 is 31.9 Å². The molecule has 8 nitrogen and oxygen atoms in total. The van der Waals surface area contributed by atoms with Crippen molar-refractivity contribution < 1.29 is 9.59 Å². The fourth-order valence-electron chi connectivity index (χ4n) is 1.75. The third-order valence-electron chi connectivity index (χ3n) is 3.10. The highest BCUT2D eigenvalue weighted by molar-refractivity contribution is 5.74. The van der Waals surface area contributed by atoms with E-state index in [-0.39, 0.29) is 24.4 Å². The first-order valence-electron chi connectivity index (χ1n) is 7.29. The second-order valence-corrected chi connectivity index (χ2v) is 5.14. The van der Waals surface area contributed by atoms with Gasteiger partial charge in [0.2, 0.25) is 0 Å². The summed E-state index contributed by atoms with van der Waals surface area (Å²) in [4.78, 5) is 22.5. The van der Waals surface area contributed by atoms with Gasteiger partial charge in [-0.2, -0.15) is 0 Å². The van der Waals surface area contributed by atoms with Crippen molar-refractivity contribution in [3.05, 3.63) is 0 Å². The number of hydrogen-bond donors (Lipinski definition) is 6. The molecule has 4 amide bonds. The average molecular weight is 284 g/mol. The molecular weight excluding hydrogens is 260 g/mol. The molecule has 114 valence electrons. The molecule has 0 aliphatic carbocycles. The van der Waals surface area contributed by atoms with Crippen molar-refractivity contribution in [1.29, 1.82) is 0 Å². The maximum Gasteiger partial charge on any atom is 0.316 e. The Bertz CT molecular complexity index is 298. The summed E-state index contributed by atoms with van der Waals surface area (Å²) in [6, 6.07) is -0.209. The Hall–Kier alpha value is -1.54. The van der Waals surface area contributed by atoms with E-state index >= 15 is 0 Å². The molecule has 0 aromatic rings. The van der Waals surface area contributed by atoms with Crippen LogP contribution >= 0.6 is 0 Å². The summed E-state index contributed by atoms with van der Waals surface area (Å²) in [7, 11) is 0. The molecule has 0 bridgehead atoms. The van der Waals surface area contributed by atoms with E-state index in [9.17, 15) is 9.59 Å². The van der Waals surface area contributed by atoms with Crippen LogP contribution in [0.2, 0.25) is 0 Å². The Labute approximate surface area is 118 Å². The number of carbonyl (C=O) groups is 2. The molecule has 2 rings (SSSR count). The predicted octanol–water partition coefficient (Wildman–Crippen LogP) is -0.996. The molecule has 2 heterocycles. The van der Waals surface area contributed by atoms with Crippen LogP contribution in [0.1, 0.15) is 25.7 Å². The Balaban J connectivity index is 1.30. The van der Waals surface area contributed by atoms with Crippen molar-refractivity contribution in [2.75, 3.05) is 26.2 Å². The summed E-state index contributed by atoms with van der Waals surface area (Å²) in [6.45, 7) is 3.12. The number of rotatable bonds is 9. The Morgan fingerprint density at radius 1 is 0.800 bits per heavy atom. The standard InChI is InChI=1S/C12H24N6O2/c19-11(17-9-7-15-9)13-5-3-1-2-4-6-14-12(20)18-10-8-16-10/h9-10,15-16H,1-8H2,(H2,13,17,19)(H2,14,18,20). The first-order chi connectivity index (χ1) is 9.74. The monoisotopic (exact) mass is 284 g/mol. The van der Waals surface area contributed by atoms with E-state index < -0.39 is 0 Å². The van der Waals surface area contributed by atoms with E-state index in [2.05, 4.69) is 31.9 Å². The normalized spacial score (nSPS) is 22.8. The molecule has 2 aliphatic heterocycles. The molecule has 2 fully saturated rings. The van der Waals surface area contributed by atoms with Gasteiger partial charge >= 0.3 is 12.1 Å². The molecule has 2 saturated heterocycles. The minimum Gasteiger partial charge on any atom is -0.338 e. The lowest BCUT2D eigenvalue weighted by Crippen LogP contribution is -2.38. The fraction of sp³-hybridized carbons (Fsp3) is 0.833. The van der Waals surface area contributed by atoms with Crippen LogP contribution in [-0.2, 0) is 0 Å². The smallest absolute Gasteiger partial charge is 0.316 e. The molecule has 0 aromatic heterocycles. The first-order valence-corrected chi connectivity index (χ1v) is 7.29. The minimum atomic E-state index is -0.105. The number of amides is 4. The molecule has 0 saturated carbocycles. The Morgan fingerprint density at radius 3 is 1.55 bits per heavy atom. The van der Waals surface area contributed by atoms with Gasteiger partial charge in [-0.3, -0.25) is 10.6 Å². The highest BCUT2D eigenvalue weighted by Crippen LogP contribution is 1.98. The quantitative estimate of drug-likeness (QED) is 0.240. The summed E-state index contributed by atoms with van der Waals surface area (Å²) < 4.78 is 0. The largest absolute Gasteiger partial charge is 0.338 e. The van der Waals surface area contributed by atoms with Gasteiger partial charge in [-0.25, -0.2) is 9.59 Å². The molecule has 2 aliphatic rings. The van der Waals surface area contributed by atoms with Gasteiger partial charge in [0.15, 0.2) is 0 Å². The third kappa shape index (κ3) is 7.15. The van der Waals surface area contributed by atoms with Crippen LogP contribution in [0.15, 0.2) is 0 Å². The van der Waals surface area contributed by atoms with Gasteiger partial charge < -0.3 is 21.3 Å². The molecular formula is C12H24N6O2. The molecule has 6 N–H and O–H groups in total. The van der Waals surface area contributed by atoms with Crippen LogP contribution in [0.25, 0.3) is 0 Å². The van der Waals surface area contributed by atoms with Crippen LogP contribution in [0.4, 0.5) is 9.59 Å². The van der Waals surface area contributed by atoms with E-state index in [1.54, 1.807) is 0 Å². The maximum absolute atomic E-state index is 11.3. The zero-order valence-electron chi connectivity index (χ0n) is 11.6. The Kier molecular flexibility index (Phi) is 5.87. The van der Waals surface area contributed by atoms with Crippen LogP contribution in [0.3, 0.4) is 0 Å². The van der Waals surface area contributed by atoms with Crippen LogP contribution in [0.5, 0.6) is 0 Å². The summed E-state index contributed by atoms with van der Waals surface area (Å²) in [6.07, 6.45) is 4.36. The second kappa shape index (κ2) is 7.91. The van der Waals surface area contributed by atoms with Gasteiger partial charge in [0.1, 0.15) is 0 Å². The lowest BCUT2D eigenvalue weighted by molar-refractivity contribution is 0.238. The number of hydrogen-bond acceptors (Lipinski definition) is 4. The van der Waals surface area contributed by atoms with Crippen molar-refractivity contribution in [3.63, 3.8) is 0 Å². The van der Waals surface area contributed by atoms with Crippen molar-refractivity contribution in [3.8, 4) is 0 Å². The first kappa shape index (κ1) is 14.9. The minimum absolute atomic E-state index is 0.105.